The number of ether oxygens (including phenoxy) is 1. The van der Waals surface area contributed by atoms with Gasteiger partial charge in [0, 0.05) is 55.0 Å². The minimum atomic E-state index is -0.468. The van der Waals surface area contributed by atoms with Crippen LogP contribution in [-0.2, 0) is 20.6 Å². The van der Waals surface area contributed by atoms with Crippen LogP contribution in [0.3, 0.4) is 0 Å². The molecule has 0 saturated heterocycles. The Morgan fingerprint density at radius 3 is 2.79 bits per heavy atom. The molecule has 0 fully saturated rings. The molecule has 0 aliphatic carbocycles. The molecule has 11 heteroatoms. The highest BCUT2D eigenvalue weighted by Gasteiger charge is 2.32. The van der Waals surface area contributed by atoms with Crippen molar-refractivity contribution in [1.82, 2.24) is 34.4 Å². The third kappa shape index (κ3) is 4.30. The Balaban J connectivity index is 1.33. The van der Waals surface area contributed by atoms with Crippen LogP contribution in [0, 0.1) is 5.82 Å². The zero-order valence-electron chi connectivity index (χ0n) is 23.0. The molecule has 7 rings (SSSR count). The van der Waals surface area contributed by atoms with Crippen LogP contribution in [0.4, 0.5) is 10.2 Å². The van der Waals surface area contributed by atoms with E-state index in [1.54, 1.807) is 38.8 Å². The number of benzene rings is 2. The second-order valence-electron chi connectivity index (χ2n) is 10.4. The molecule has 6 aromatic rings. The van der Waals surface area contributed by atoms with E-state index in [1.807, 2.05) is 44.6 Å². The molecule has 1 unspecified atom stereocenters. The summed E-state index contributed by atoms with van der Waals surface area (Å²) in [5.41, 5.74) is 11.0. The Morgan fingerprint density at radius 1 is 1.10 bits per heavy atom. The lowest BCUT2D eigenvalue weighted by Gasteiger charge is -2.36. The van der Waals surface area contributed by atoms with Gasteiger partial charge >= 0.3 is 0 Å². The van der Waals surface area contributed by atoms with E-state index in [-0.39, 0.29) is 24.2 Å². The zero-order valence-corrected chi connectivity index (χ0v) is 23.0. The molecule has 2 aromatic carbocycles. The quantitative estimate of drug-likeness (QED) is 0.321. The number of fused-ring (bicyclic) bond motifs is 4. The van der Waals surface area contributed by atoms with Gasteiger partial charge in [0.05, 0.1) is 53.7 Å². The third-order valence-electron chi connectivity index (χ3n) is 7.81. The maximum absolute atomic E-state index is 14.9. The molecular formula is C31H27FN8O2. The molecule has 1 aliphatic rings. The number of nitrogen functional groups attached to an aromatic ring is 1. The molecule has 10 nitrogen and oxygen atoms in total. The Bertz CT molecular complexity index is 2000. The summed E-state index contributed by atoms with van der Waals surface area (Å²) in [5, 5.41) is 10.1. The summed E-state index contributed by atoms with van der Waals surface area (Å²) < 4.78 is 24.4. The van der Waals surface area contributed by atoms with Crippen LogP contribution < -0.4 is 10.5 Å². The highest BCUT2D eigenvalue weighted by atomic mass is 19.1. The average Bonchev–Trinajstić information content (AvgIpc) is 3.62. The first-order valence-corrected chi connectivity index (χ1v) is 13.5. The highest BCUT2D eigenvalue weighted by Crippen LogP contribution is 2.40. The van der Waals surface area contributed by atoms with Crippen LogP contribution in [0.15, 0.2) is 73.3 Å². The van der Waals surface area contributed by atoms with Gasteiger partial charge in [0.15, 0.2) is 0 Å². The smallest absolute Gasteiger partial charge is 0.254 e. The predicted molar refractivity (Wildman–Crippen MR) is 156 cm³/mol. The molecule has 5 heterocycles. The van der Waals surface area contributed by atoms with Gasteiger partial charge in [0.2, 0.25) is 0 Å². The van der Waals surface area contributed by atoms with Gasteiger partial charge in [-0.2, -0.15) is 10.2 Å². The van der Waals surface area contributed by atoms with Crippen LogP contribution in [-0.4, -0.2) is 46.9 Å². The van der Waals surface area contributed by atoms with Crippen molar-refractivity contribution in [2.24, 2.45) is 14.1 Å². The van der Waals surface area contributed by atoms with E-state index in [0.717, 1.165) is 27.6 Å². The fourth-order valence-electron chi connectivity index (χ4n) is 5.72. The lowest BCUT2D eigenvalue weighted by molar-refractivity contribution is 0.0596. The number of rotatable bonds is 5. The zero-order chi connectivity index (χ0) is 29.0. The molecule has 1 amide bonds. The Kier molecular flexibility index (Phi) is 6.07. The number of halogens is 1. The number of pyridine rings is 2. The summed E-state index contributed by atoms with van der Waals surface area (Å²) in [7, 11) is 3.69. The number of amides is 1. The first-order valence-electron chi connectivity index (χ1n) is 13.5. The number of carbonyl (C=O) groups excluding carboxylic acids is 1. The minimum Gasteiger partial charge on any atom is -0.493 e. The van der Waals surface area contributed by atoms with Crippen molar-refractivity contribution in [3.8, 4) is 16.9 Å². The van der Waals surface area contributed by atoms with E-state index in [4.69, 9.17) is 10.5 Å². The molecular weight excluding hydrogens is 535 g/mol. The second kappa shape index (κ2) is 9.95. The van der Waals surface area contributed by atoms with Crippen molar-refractivity contribution in [3.63, 3.8) is 0 Å². The molecule has 42 heavy (non-hydrogen) atoms. The van der Waals surface area contributed by atoms with Gasteiger partial charge in [-0.25, -0.2) is 9.37 Å². The highest BCUT2D eigenvalue weighted by molar-refractivity contribution is 6.10. The second-order valence-corrected chi connectivity index (χ2v) is 10.4. The van der Waals surface area contributed by atoms with Gasteiger partial charge in [-0.1, -0.05) is 12.1 Å². The van der Waals surface area contributed by atoms with Gasteiger partial charge < -0.3 is 15.4 Å². The van der Waals surface area contributed by atoms with Crippen LogP contribution in [0.1, 0.15) is 34.1 Å². The van der Waals surface area contributed by atoms with E-state index in [9.17, 15) is 9.18 Å². The maximum atomic E-state index is 14.9. The molecule has 1 atom stereocenters. The number of nitrogens with two attached hydrogens (primary N) is 1. The Labute approximate surface area is 240 Å². The maximum Gasteiger partial charge on any atom is 0.254 e. The van der Waals surface area contributed by atoms with E-state index in [1.165, 1.54) is 18.3 Å². The molecule has 2 N–H and O–H groups in total. The number of hydrogen-bond donors (Lipinski definition) is 1. The number of nitrogens with zero attached hydrogens (tertiary/aromatic N) is 7. The molecule has 4 aromatic heterocycles. The average molecular weight is 563 g/mol. The van der Waals surface area contributed by atoms with Gasteiger partial charge in [0.25, 0.3) is 5.91 Å². The third-order valence-corrected chi connectivity index (χ3v) is 7.81. The Morgan fingerprint density at radius 2 is 1.98 bits per heavy atom. The summed E-state index contributed by atoms with van der Waals surface area (Å²) in [6.07, 6.45) is 7.47. The van der Waals surface area contributed by atoms with E-state index in [0.29, 0.717) is 41.1 Å². The molecule has 0 spiro atoms. The van der Waals surface area contributed by atoms with Gasteiger partial charge in [0.1, 0.15) is 17.4 Å². The van der Waals surface area contributed by atoms with Crippen molar-refractivity contribution >= 4 is 33.5 Å². The van der Waals surface area contributed by atoms with E-state index >= 15 is 0 Å². The standard InChI is InChI=1S/C31H27FN8O2/c1-38-16-20(14-35-38)18-5-7-21-27(9-11-42-28(21)13-18)40(17-26-24(32)4-3-10-34-26)31(41)19-6-8-25-22(12-19)29-23(30(33)37-25)15-36-39(29)2/h3-8,10,12-16,27H,9,11,17H2,1-2H3,(H2,33,37). The van der Waals surface area contributed by atoms with Crippen molar-refractivity contribution < 1.29 is 13.9 Å². The molecule has 0 radical (unpaired) electrons. The normalized spacial score (nSPS) is 14.6. The summed E-state index contributed by atoms with van der Waals surface area (Å²) in [6, 6.07) is 13.8. The van der Waals surface area contributed by atoms with Crippen molar-refractivity contribution in [1.29, 1.82) is 0 Å². The van der Waals surface area contributed by atoms with Crippen LogP contribution in [0.5, 0.6) is 5.75 Å². The van der Waals surface area contributed by atoms with Crippen molar-refractivity contribution in [2.75, 3.05) is 12.3 Å². The monoisotopic (exact) mass is 562 g/mol. The molecule has 210 valence electrons. The lowest BCUT2D eigenvalue weighted by Crippen LogP contribution is -2.37. The lowest BCUT2D eigenvalue weighted by atomic mass is 9.95. The molecule has 1 aliphatic heterocycles. The van der Waals surface area contributed by atoms with Crippen LogP contribution in [0.2, 0.25) is 0 Å². The SMILES string of the molecule is Cn1cc(-c2ccc3c(c2)OCCC3N(Cc2ncccc2F)C(=O)c2ccc3nc(N)c4cnn(C)c4c3c2)cn1. The summed E-state index contributed by atoms with van der Waals surface area (Å²) in [5.74, 6) is 0.329. The first kappa shape index (κ1) is 25.6. The van der Waals surface area contributed by atoms with Crippen molar-refractivity contribution in [3.05, 3.63) is 96.0 Å². The van der Waals surface area contributed by atoms with Crippen molar-refractivity contribution in [2.45, 2.75) is 19.0 Å². The van der Waals surface area contributed by atoms with Crippen LogP contribution in [0.25, 0.3) is 32.9 Å². The number of aryl methyl sites for hydroxylation is 2. The number of hydrogen-bond acceptors (Lipinski definition) is 7. The Hall–Kier alpha value is -5.32. The number of aromatic nitrogens is 6. The summed E-state index contributed by atoms with van der Waals surface area (Å²) in [4.78, 5) is 24.8. The van der Waals surface area contributed by atoms with Gasteiger partial charge in [-0.05, 0) is 42.0 Å². The van der Waals surface area contributed by atoms with Gasteiger partial charge in [-0.15, -0.1) is 0 Å². The minimum absolute atomic E-state index is 0.0148. The largest absolute Gasteiger partial charge is 0.493 e. The fourth-order valence-corrected chi connectivity index (χ4v) is 5.72. The number of carbonyl (C=O) groups is 1. The first-order chi connectivity index (χ1) is 20.4. The fraction of sp³-hybridized carbons (Fsp3) is 0.194. The summed E-state index contributed by atoms with van der Waals surface area (Å²) >= 11 is 0. The van der Waals surface area contributed by atoms with E-state index in [2.05, 4.69) is 20.2 Å². The van der Waals surface area contributed by atoms with E-state index < -0.39 is 5.82 Å². The van der Waals surface area contributed by atoms with Crippen LogP contribution >= 0.6 is 0 Å². The number of anilines is 1. The summed E-state index contributed by atoms with van der Waals surface area (Å²) in [6.45, 7) is 0.387. The predicted octanol–water partition coefficient (Wildman–Crippen LogP) is 4.80. The topological polar surface area (TPSA) is 117 Å². The molecule has 0 bridgehead atoms. The molecule has 0 saturated carbocycles. The van der Waals surface area contributed by atoms with Gasteiger partial charge in [-0.3, -0.25) is 19.1 Å².